The third kappa shape index (κ3) is 7.70. The van der Waals surface area contributed by atoms with Gasteiger partial charge in [0.1, 0.15) is 22.2 Å². The highest BCUT2D eigenvalue weighted by atomic mass is 35.5. The fourth-order valence-electron chi connectivity index (χ4n) is 6.08. The lowest BCUT2D eigenvalue weighted by Gasteiger charge is -2.34. The van der Waals surface area contributed by atoms with E-state index < -0.39 is 0 Å². The molecular formula is C33H41ClN4O3S. The molecule has 0 unspecified atom stereocenters. The van der Waals surface area contributed by atoms with Crippen molar-refractivity contribution in [3.8, 4) is 22.4 Å². The lowest BCUT2D eigenvalue weighted by Crippen LogP contribution is -2.34. The Kier molecular flexibility index (Phi) is 11.8. The molecule has 2 aromatic carbocycles. The first-order valence-corrected chi connectivity index (χ1v) is 15.8. The summed E-state index contributed by atoms with van der Waals surface area (Å²) in [6.07, 6.45) is 8.92. The monoisotopic (exact) mass is 608 g/mol. The summed E-state index contributed by atoms with van der Waals surface area (Å²) in [7, 11) is 0. The number of aromatic nitrogens is 1. The summed E-state index contributed by atoms with van der Waals surface area (Å²) in [6, 6.07) is 14.0. The number of fused-ring (bicyclic) bond motifs is 1. The summed E-state index contributed by atoms with van der Waals surface area (Å²) in [6.45, 7) is 6.12. The zero-order chi connectivity index (χ0) is 28.6. The average molecular weight is 609 g/mol. The van der Waals surface area contributed by atoms with Gasteiger partial charge in [-0.1, -0.05) is 24.3 Å². The normalized spacial score (nSPS) is 15.4. The highest BCUT2D eigenvalue weighted by molar-refractivity contribution is 7.17. The number of aliphatic hydroxyl groups is 1. The summed E-state index contributed by atoms with van der Waals surface area (Å²) in [5, 5.41) is 22.3. The van der Waals surface area contributed by atoms with Crippen LogP contribution in [0, 0.1) is 18.3 Å². The maximum atomic E-state index is 12.8. The molecule has 1 saturated heterocycles. The quantitative estimate of drug-likeness (QED) is 0.257. The largest absolute Gasteiger partial charge is 0.491 e. The number of nitrogens with zero attached hydrogens (tertiary/aromatic N) is 3. The van der Waals surface area contributed by atoms with Gasteiger partial charge in [-0.25, -0.2) is 4.98 Å². The van der Waals surface area contributed by atoms with Gasteiger partial charge in [0.15, 0.2) is 0 Å². The molecule has 42 heavy (non-hydrogen) atoms. The fourth-order valence-corrected chi connectivity index (χ4v) is 7.07. The zero-order valence-electron chi connectivity index (χ0n) is 24.4. The number of carbonyl (C=O) groups excluding carboxylic acids is 1. The van der Waals surface area contributed by atoms with Crippen LogP contribution in [0.15, 0.2) is 36.4 Å². The molecule has 9 heteroatoms. The van der Waals surface area contributed by atoms with Crippen LogP contribution < -0.4 is 10.1 Å². The molecule has 2 aliphatic rings. The molecule has 1 aliphatic carbocycles. The van der Waals surface area contributed by atoms with E-state index in [2.05, 4.69) is 33.4 Å². The van der Waals surface area contributed by atoms with Crippen molar-refractivity contribution < 1.29 is 14.6 Å². The predicted octanol–water partition coefficient (Wildman–Crippen LogP) is 6.05. The highest BCUT2D eigenvalue weighted by Gasteiger charge is 2.26. The van der Waals surface area contributed by atoms with E-state index in [1.165, 1.54) is 40.9 Å². The highest BCUT2D eigenvalue weighted by Crippen LogP contribution is 2.40. The molecule has 1 aliphatic heterocycles. The zero-order valence-corrected chi connectivity index (χ0v) is 26.0. The number of ether oxygens (including phenoxy) is 1. The third-order valence-corrected chi connectivity index (χ3v) is 9.53. The lowest BCUT2D eigenvalue weighted by molar-refractivity contribution is 0.0955. The van der Waals surface area contributed by atoms with Crippen molar-refractivity contribution >= 4 is 29.7 Å². The van der Waals surface area contributed by atoms with Gasteiger partial charge >= 0.3 is 0 Å². The van der Waals surface area contributed by atoms with Crippen LogP contribution in [-0.2, 0) is 12.8 Å². The average Bonchev–Trinajstić information content (AvgIpc) is 3.41. The van der Waals surface area contributed by atoms with E-state index in [0.29, 0.717) is 29.5 Å². The molecule has 3 aromatic rings. The van der Waals surface area contributed by atoms with E-state index in [1.807, 2.05) is 19.1 Å². The van der Waals surface area contributed by atoms with Gasteiger partial charge in [-0.15, -0.1) is 23.7 Å². The Labute approximate surface area is 259 Å². The number of piperidine rings is 1. The maximum absolute atomic E-state index is 12.8. The van der Waals surface area contributed by atoms with E-state index in [0.717, 1.165) is 80.2 Å². The second kappa shape index (κ2) is 15.5. The Morgan fingerprint density at radius 3 is 2.64 bits per heavy atom. The number of carbonyl (C=O) groups is 1. The molecule has 2 heterocycles. The number of hydrogen-bond acceptors (Lipinski definition) is 7. The molecule has 224 valence electrons. The molecule has 1 amide bonds. The Morgan fingerprint density at radius 2 is 1.90 bits per heavy atom. The molecule has 0 spiro atoms. The van der Waals surface area contributed by atoms with Gasteiger partial charge < -0.3 is 20.1 Å². The first-order valence-electron chi connectivity index (χ1n) is 14.9. The van der Waals surface area contributed by atoms with Gasteiger partial charge in [0.25, 0.3) is 5.91 Å². The number of amides is 1. The number of nitriles is 1. The Hall–Kier alpha value is -2.96. The van der Waals surface area contributed by atoms with Gasteiger partial charge in [-0.05, 0) is 113 Å². The van der Waals surface area contributed by atoms with Crippen molar-refractivity contribution in [1.82, 2.24) is 15.2 Å². The van der Waals surface area contributed by atoms with Crippen molar-refractivity contribution in [2.45, 2.75) is 64.2 Å². The molecular weight excluding hydrogens is 568 g/mol. The number of unbranched alkanes of at least 4 members (excludes halogenated alkanes) is 1. The van der Waals surface area contributed by atoms with E-state index in [4.69, 9.17) is 10.00 Å². The van der Waals surface area contributed by atoms with Crippen LogP contribution in [-0.4, -0.2) is 60.3 Å². The second-order valence-corrected chi connectivity index (χ2v) is 12.1. The Balaban J connectivity index is 0.00000405. The number of halogens is 1. The SMILES string of the molecule is Cc1nc(-c2ccc(C#N)cc2)sc1C(=O)NCCCCN1CCC(c2ccc3c(c2OCCO)CCCC3)CC1.Cl. The first-order chi connectivity index (χ1) is 20.1. The minimum atomic E-state index is -0.0648. The molecule has 0 saturated carbocycles. The van der Waals surface area contributed by atoms with Crippen LogP contribution >= 0.6 is 23.7 Å². The number of aliphatic hydroxyl groups excluding tert-OH is 1. The number of hydrogen-bond donors (Lipinski definition) is 2. The number of rotatable bonds is 11. The second-order valence-electron chi connectivity index (χ2n) is 11.1. The van der Waals surface area contributed by atoms with E-state index in [-0.39, 0.29) is 24.9 Å². The molecule has 0 radical (unpaired) electrons. The number of aryl methyl sites for hydroxylation is 2. The van der Waals surface area contributed by atoms with Crippen LogP contribution in [0.25, 0.3) is 10.6 Å². The van der Waals surface area contributed by atoms with Crippen LogP contribution in [0.5, 0.6) is 5.75 Å². The third-order valence-electron chi connectivity index (χ3n) is 8.33. The molecule has 1 aromatic heterocycles. The molecule has 1 fully saturated rings. The molecule has 5 rings (SSSR count). The number of likely N-dealkylation sites (tertiary alicyclic amines) is 1. The Bertz CT molecular complexity index is 1380. The van der Waals surface area contributed by atoms with E-state index in [9.17, 15) is 9.90 Å². The lowest BCUT2D eigenvalue weighted by atomic mass is 9.83. The minimum absolute atomic E-state index is 0. The summed E-state index contributed by atoms with van der Waals surface area (Å²) >= 11 is 1.40. The first kappa shape index (κ1) is 32.0. The van der Waals surface area contributed by atoms with E-state index in [1.54, 1.807) is 12.1 Å². The summed E-state index contributed by atoms with van der Waals surface area (Å²) in [5.41, 5.74) is 6.40. The van der Waals surface area contributed by atoms with Crippen molar-refractivity contribution in [2.75, 3.05) is 39.4 Å². The molecule has 0 bridgehead atoms. The summed E-state index contributed by atoms with van der Waals surface area (Å²) in [4.78, 5) is 20.6. The standard InChI is InChI=1S/C33H40N4O3S.ClH/c1-23-31(41-33(36-23)27-10-8-24(22-34)9-11-27)32(39)35-16-4-5-17-37-18-14-26(15-19-37)29-13-12-25-6-2-3-7-28(25)30(29)40-21-20-38;/h8-13,26,38H,2-7,14-21H2,1H3,(H,35,39);1H. The van der Waals surface area contributed by atoms with Crippen LogP contribution in [0.1, 0.15) is 82.1 Å². The van der Waals surface area contributed by atoms with Crippen molar-refractivity contribution in [2.24, 2.45) is 0 Å². The van der Waals surface area contributed by atoms with Gasteiger partial charge in [0.2, 0.25) is 0 Å². The molecule has 2 N–H and O–H groups in total. The van der Waals surface area contributed by atoms with Crippen LogP contribution in [0.2, 0.25) is 0 Å². The Morgan fingerprint density at radius 1 is 1.14 bits per heavy atom. The minimum Gasteiger partial charge on any atom is -0.491 e. The van der Waals surface area contributed by atoms with Crippen molar-refractivity contribution in [3.63, 3.8) is 0 Å². The van der Waals surface area contributed by atoms with Crippen LogP contribution in [0.4, 0.5) is 0 Å². The van der Waals surface area contributed by atoms with Crippen molar-refractivity contribution in [3.05, 3.63) is 69.2 Å². The maximum Gasteiger partial charge on any atom is 0.263 e. The van der Waals surface area contributed by atoms with Crippen molar-refractivity contribution in [1.29, 1.82) is 5.26 Å². The summed E-state index contributed by atoms with van der Waals surface area (Å²) < 4.78 is 6.14. The fraction of sp³-hybridized carbons (Fsp3) is 0.485. The smallest absolute Gasteiger partial charge is 0.263 e. The number of nitrogens with one attached hydrogen (secondary N) is 1. The van der Waals surface area contributed by atoms with Crippen LogP contribution in [0.3, 0.4) is 0 Å². The topological polar surface area (TPSA) is 98.5 Å². The van der Waals surface area contributed by atoms with E-state index >= 15 is 0 Å². The van der Waals surface area contributed by atoms with Gasteiger partial charge in [0, 0.05) is 12.1 Å². The molecule has 0 atom stereocenters. The van der Waals surface area contributed by atoms with Gasteiger partial charge in [-0.2, -0.15) is 5.26 Å². The number of benzene rings is 2. The molecule has 7 nitrogen and oxygen atoms in total. The van der Waals surface area contributed by atoms with Gasteiger partial charge in [-0.3, -0.25) is 4.79 Å². The summed E-state index contributed by atoms with van der Waals surface area (Å²) in [5.74, 6) is 1.50. The predicted molar refractivity (Wildman–Crippen MR) is 170 cm³/mol. The van der Waals surface area contributed by atoms with Gasteiger partial charge in [0.05, 0.1) is 23.9 Å². The number of thiazole rings is 1.